The van der Waals surface area contributed by atoms with Crippen molar-refractivity contribution < 1.29 is 28.6 Å². The van der Waals surface area contributed by atoms with E-state index in [1.807, 2.05) is 11.9 Å². The van der Waals surface area contributed by atoms with Gasteiger partial charge in [-0.3, -0.25) is 14.5 Å². The maximum Gasteiger partial charge on any atom is 0.258 e. The average molecular weight is 498 g/mol. The van der Waals surface area contributed by atoms with Crippen LogP contribution < -0.4 is 15.4 Å². The van der Waals surface area contributed by atoms with Gasteiger partial charge in [0.05, 0.1) is 28.8 Å². The first-order valence-corrected chi connectivity index (χ1v) is 12.2. The molecular formula is C24H33ClFN3O5. The third-order valence-electron chi connectivity index (χ3n) is 7.78. The van der Waals surface area contributed by atoms with E-state index in [9.17, 15) is 19.1 Å². The van der Waals surface area contributed by atoms with Crippen LogP contribution >= 0.6 is 11.6 Å². The number of fused-ring (bicyclic) bond motifs is 3. The number of hydrogen-bond acceptors (Lipinski definition) is 6. The summed E-state index contributed by atoms with van der Waals surface area (Å²) >= 11 is 5.66. The summed E-state index contributed by atoms with van der Waals surface area (Å²) in [6.45, 7) is 0.415. The van der Waals surface area contributed by atoms with Gasteiger partial charge in [-0.15, -0.1) is 0 Å². The van der Waals surface area contributed by atoms with Crippen molar-refractivity contribution in [3.05, 3.63) is 29.0 Å². The van der Waals surface area contributed by atoms with Gasteiger partial charge >= 0.3 is 0 Å². The summed E-state index contributed by atoms with van der Waals surface area (Å²) in [5.74, 6) is -0.811. The Morgan fingerprint density at radius 2 is 1.97 bits per heavy atom. The van der Waals surface area contributed by atoms with Gasteiger partial charge in [-0.2, -0.15) is 0 Å². The van der Waals surface area contributed by atoms with Gasteiger partial charge in [0, 0.05) is 25.3 Å². The summed E-state index contributed by atoms with van der Waals surface area (Å²) in [5.41, 5.74) is -1.20. The molecule has 3 atom stereocenters. The van der Waals surface area contributed by atoms with Crippen molar-refractivity contribution in [3.63, 3.8) is 0 Å². The van der Waals surface area contributed by atoms with E-state index in [1.165, 1.54) is 12.1 Å². The Labute approximate surface area is 204 Å². The first-order valence-electron chi connectivity index (χ1n) is 11.8. The molecule has 1 saturated heterocycles. The normalized spacial score (nSPS) is 33.4. The third-order valence-corrected chi connectivity index (χ3v) is 8.09. The number of likely N-dealkylation sites (N-methyl/N-ethyl adjacent to an activating group) is 1. The van der Waals surface area contributed by atoms with E-state index in [1.54, 1.807) is 7.11 Å². The number of likely N-dealkylation sites (tertiary alicyclic amines) is 1. The van der Waals surface area contributed by atoms with Crippen LogP contribution in [0.15, 0.2) is 18.2 Å². The number of carbonyl (C=O) groups excluding carboxylic acids is 2. The summed E-state index contributed by atoms with van der Waals surface area (Å²) in [5, 5.41) is 17.1. The number of halogens is 2. The molecule has 4 fully saturated rings. The maximum atomic E-state index is 13.6. The molecule has 5 rings (SSSR count). The molecule has 188 valence electrons. The number of amides is 2. The van der Waals surface area contributed by atoms with Crippen molar-refractivity contribution in [2.45, 2.75) is 74.3 Å². The molecule has 10 heteroatoms. The molecule has 1 aromatic rings. The number of aliphatic hydroxyl groups is 1. The van der Waals surface area contributed by atoms with Crippen LogP contribution in [0.3, 0.4) is 0 Å². The Kier molecular flexibility index (Phi) is 7.38. The van der Waals surface area contributed by atoms with E-state index in [4.69, 9.17) is 21.1 Å². The van der Waals surface area contributed by atoms with Crippen molar-refractivity contribution in [2.75, 3.05) is 27.3 Å². The van der Waals surface area contributed by atoms with Crippen LogP contribution in [0.2, 0.25) is 5.02 Å². The summed E-state index contributed by atoms with van der Waals surface area (Å²) < 4.78 is 24.4. The highest BCUT2D eigenvalue weighted by atomic mass is 35.5. The van der Waals surface area contributed by atoms with Crippen LogP contribution in [-0.4, -0.2) is 78.5 Å². The molecule has 0 radical (unpaired) electrons. The number of hydrogen-bond donors (Lipinski definition) is 3. The summed E-state index contributed by atoms with van der Waals surface area (Å²) in [4.78, 5) is 27.7. The predicted octanol–water partition coefficient (Wildman–Crippen LogP) is 2.02. The fourth-order valence-corrected chi connectivity index (χ4v) is 5.78. The third kappa shape index (κ3) is 5.17. The zero-order valence-corrected chi connectivity index (χ0v) is 20.4. The second-order valence-electron chi connectivity index (χ2n) is 9.95. The summed E-state index contributed by atoms with van der Waals surface area (Å²) in [6.07, 6.45) is 3.79. The van der Waals surface area contributed by atoms with E-state index in [0.29, 0.717) is 38.6 Å². The van der Waals surface area contributed by atoms with Crippen molar-refractivity contribution >= 4 is 23.4 Å². The second kappa shape index (κ2) is 9.97. The highest BCUT2D eigenvalue weighted by molar-refractivity contribution is 6.30. The lowest BCUT2D eigenvalue weighted by molar-refractivity contribution is -0.139. The topological polar surface area (TPSA) is 100 Å². The Morgan fingerprint density at radius 3 is 2.59 bits per heavy atom. The first kappa shape index (κ1) is 25.2. The fraction of sp³-hybridized carbons (Fsp3) is 0.667. The van der Waals surface area contributed by atoms with Crippen molar-refractivity contribution in [2.24, 2.45) is 0 Å². The highest BCUT2D eigenvalue weighted by Crippen LogP contribution is 2.47. The molecular weight excluding hydrogens is 465 g/mol. The van der Waals surface area contributed by atoms with E-state index in [0.717, 1.165) is 18.9 Å². The van der Waals surface area contributed by atoms with Gasteiger partial charge in [-0.05, 0) is 64.1 Å². The minimum absolute atomic E-state index is 0.00807. The van der Waals surface area contributed by atoms with Crippen molar-refractivity contribution in [1.29, 1.82) is 0 Å². The summed E-state index contributed by atoms with van der Waals surface area (Å²) in [7, 11) is 3.63. The second-order valence-corrected chi connectivity index (χ2v) is 10.4. The van der Waals surface area contributed by atoms with Crippen LogP contribution in [0.1, 0.15) is 44.9 Å². The van der Waals surface area contributed by atoms with Gasteiger partial charge in [-0.1, -0.05) is 11.6 Å². The molecule has 2 bridgehead atoms. The zero-order chi connectivity index (χ0) is 24.5. The molecule has 3 aliphatic carbocycles. The molecule has 2 amide bonds. The molecule has 4 aliphatic rings. The Bertz CT molecular complexity index is 924. The number of carbonyl (C=O) groups is 2. The van der Waals surface area contributed by atoms with Gasteiger partial charge in [0.25, 0.3) is 5.91 Å². The monoisotopic (exact) mass is 497 g/mol. The Morgan fingerprint density at radius 1 is 1.24 bits per heavy atom. The van der Waals surface area contributed by atoms with Crippen molar-refractivity contribution in [3.8, 4) is 5.75 Å². The largest absolute Gasteiger partial charge is 0.484 e. The molecule has 3 unspecified atom stereocenters. The quantitative estimate of drug-likeness (QED) is 0.533. The van der Waals surface area contributed by atoms with Crippen molar-refractivity contribution in [1.82, 2.24) is 15.5 Å². The van der Waals surface area contributed by atoms with E-state index in [-0.39, 0.29) is 41.3 Å². The molecule has 3 saturated carbocycles. The lowest BCUT2D eigenvalue weighted by Crippen LogP contribution is -2.71. The molecule has 0 aromatic heterocycles. The van der Waals surface area contributed by atoms with Crippen LogP contribution in [0.25, 0.3) is 0 Å². The lowest BCUT2D eigenvalue weighted by Gasteiger charge is -2.56. The number of methoxy groups -OCH3 is 1. The Hall–Kier alpha value is -1.94. The average Bonchev–Trinajstić information content (AvgIpc) is 2.80. The van der Waals surface area contributed by atoms with Crippen LogP contribution in [0.5, 0.6) is 5.75 Å². The first-order chi connectivity index (χ1) is 16.2. The van der Waals surface area contributed by atoms with Gasteiger partial charge in [0.2, 0.25) is 5.91 Å². The zero-order valence-electron chi connectivity index (χ0n) is 19.6. The van der Waals surface area contributed by atoms with Crippen LogP contribution in [0, 0.1) is 5.82 Å². The van der Waals surface area contributed by atoms with Gasteiger partial charge in [0.1, 0.15) is 11.6 Å². The smallest absolute Gasteiger partial charge is 0.258 e. The minimum Gasteiger partial charge on any atom is -0.484 e. The molecule has 1 aromatic carbocycles. The molecule has 1 aliphatic heterocycles. The molecule has 8 nitrogen and oxygen atoms in total. The molecule has 0 spiro atoms. The number of piperidine rings is 1. The number of benzene rings is 1. The maximum absolute atomic E-state index is 13.6. The highest BCUT2D eigenvalue weighted by Gasteiger charge is 2.55. The van der Waals surface area contributed by atoms with Gasteiger partial charge in [-0.25, -0.2) is 4.39 Å². The van der Waals surface area contributed by atoms with Gasteiger partial charge < -0.3 is 25.2 Å². The number of ether oxygens (including phenoxy) is 2. The molecule has 3 N–H and O–H groups in total. The standard InChI is InChI=1S/C24H33ClFN3O5/c1-29-13-16(33-2)4-6-19(29)22(32)28-23-7-9-24(10-8-23,20(30)12-23)27-21(31)14-34-15-3-5-17(25)18(26)11-15/h3,5,11,16,19-20,30H,4,6-10,12-14H2,1-2H3,(H,27,31)(H,28,32). The summed E-state index contributed by atoms with van der Waals surface area (Å²) in [6, 6.07) is 3.77. The van der Waals surface area contributed by atoms with Crippen LogP contribution in [-0.2, 0) is 14.3 Å². The van der Waals surface area contributed by atoms with Crippen LogP contribution in [0.4, 0.5) is 4.39 Å². The Balaban J connectivity index is 1.31. The minimum atomic E-state index is -0.783. The SMILES string of the molecule is COC1CCC(C(=O)NC23CCC(NC(=O)COc4ccc(Cl)c(F)c4)(CC2)C(O)C3)N(C)C1. The lowest BCUT2D eigenvalue weighted by atomic mass is 9.59. The van der Waals surface area contributed by atoms with Gasteiger partial charge in [0.15, 0.2) is 6.61 Å². The number of nitrogens with one attached hydrogen (secondary N) is 2. The molecule has 34 heavy (non-hydrogen) atoms. The number of rotatable bonds is 7. The van der Waals surface area contributed by atoms with E-state index in [2.05, 4.69) is 10.6 Å². The van der Waals surface area contributed by atoms with E-state index >= 15 is 0 Å². The predicted molar refractivity (Wildman–Crippen MR) is 124 cm³/mol. The number of nitrogens with zero attached hydrogens (tertiary/aromatic N) is 1. The number of aliphatic hydroxyl groups excluding tert-OH is 1. The fourth-order valence-electron chi connectivity index (χ4n) is 5.66. The molecule has 1 heterocycles. The van der Waals surface area contributed by atoms with E-state index < -0.39 is 23.0 Å².